The Labute approximate surface area is 116 Å². The zero-order valence-electron chi connectivity index (χ0n) is 10.9. The van der Waals surface area contributed by atoms with Gasteiger partial charge in [0.15, 0.2) is 0 Å². The lowest BCUT2D eigenvalue weighted by Gasteiger charge is -2.26. The highest BCUT2D eigenvalue weighted by molar-refractivity contribution is 7.99. The van der Waals surface area contributed by atoms with E-state index in [1.54, 1.807) is 24.8 Å². The third kappa shape index (κ3) is 4.15. The maximum atomic E-state index is 10.7. The molecule has 0 aromatic carbocycles. The van der Waals surface area contributed by atoms with Crippen molar-refractivity contribution in [3.05, 3.63) is 27.9 Å². The van der Waals surface area contributed by atoms with Gasteiger partial charge in [-0.15, -0.1) is 11.8 Å². The van der Waals surface area contributed by atoms with E-state index in [1.165, 1.54) is 6.07 Å². The van der Waals surface area contributed by atoms with Gasteiger partial charge < -0.3 is 4.74 Å². The van der Waals surface area contributed by atoms with Crippen LogP contribution in [0.15, 0.2) is 17.2 Å². The maximum absolute atomic E-state index is 10.7. The first-order valence-corrected chi connectivity index (χ1v) is 7.20. The van der Waals surface area contributed by atoms with Gasteiger partial charge in [0.25, 0.3) is 5.69 Å². The fraction of sp³-hybridized carbons (Fsp3) is 0.583. The topological polar surface area (TPSA) is 68.5 Å². The van der Waals surface area contributed by atoms with Crippen molar-refractivity contribution in [3.8, 4) is 0 Å². The third-order valence-electron chi connectivity index (χ3n) is 2.99. The summed E-state index contributed by atoms with van der Waals surface area (Å²) in [4.78, 5) is 16.9. The average Bonchev–Trinajstić information content (AvgIpc) is 2.39. The lowest BCUT2D eigenvalue weighted by Crippen LogP contribution is -2.37. The van der Waals surface area contributed by atoms with E-state index in [9.17, 15) is 10.1 Å². The standard InChI is InChI=1S/C12H17N3O3S/c1-10-11(15(16)17)2-3-12(13-10)19-9-6-14-4-7-18-8-5-14/h2-3H,4-9H2,1H3. The molecular weight excluding hydrogens is 266 g/mol. The zero-order chi connectivity index (χ0) is 13.7. The number of nitrogens with zero attached hydrogens (tertiary/aromatic N) is 3. The molecule has 1 aromatic heterocycles. The minimum absolute atomic E-state index is 0.0810. The number of pyridine rings is 1. The van der Waals surface area contributed by atoms with Gasteiger partial charge in [-0.3, -0.25) is 15.0 Å². The quantitative estimate of drug-likeness (QED) is 0.465. The van der Waals surface area contributed by atoms with Gasteiger partial charge in [-0.25, -0.2) is 4.98 Å². The van der Waals surface area contributed by atoms with Crippen molar-refractivity contribution in [2.24, 2.45) is 0 Å². The molecular formula is C12H17N3O3S. The second-order valence-corrected chi connectivity index (χ2v) is 5.43. The Kier molecular flexibility index (Phi) is 5.12. The summed E-state index contributed by atoms with van der Waals surface area (Å²) >= 11 is 1.63. The van der Waals surface area contributed by atoms with Crippen LogP contribution in [-0.4, -0.2) is 53.4 Å². The monoisotopic (exact) mass is 283 g/mol. The Morgan fingerprint density at radius 1 is 1.47 bits per heavy atom. The summed E-state index contributed by atoms with van der Waals surface area (Å²) in [5, 5.41) is 11.5. The molecule has 7 heteroatoms. The van der Waals surface area contributed by atoms with Gasteiger partial charge in [-0.2, -0.15) is 0 Å². The van der Waals surface area contributed by atoms with E-state index in [0.717, 1.165) is 43.6 Å². The van der Waals surface area contributed by atoms with Gasteiger partial charge in [-0.1, -0.05) is 0 Å². The van der Waals surface area contributed by atoms with Crippen molar-refractivity contribution < 1.29 is 9.66 Å². The number of thioether (sulfide) groups is 1. The Morgan fingerprint density at radius 3 is 2.84 bits per heavy atom. The number of hydrogen-bond acceptors (Lipinski definition) is 6. The van der Waals surface area contributed by atoms with Gasteiger partial charge in [-0.05, 0) is 13.0 Å². The van der Waals surface area contributed by atoms with Crippen LogP contribution in [0.1, 0.15) is 5.69 Å². The highest BCUT2D eigenvalue weighted by atomic mass is 32.2. The number of nitro groups is 1. The molecule has 0 radical (unpaired) electrons. The number of rotatable bonds is 5. The minimum Gasteiger partial charge on any atom is -0.379 e. The molecule has 0 amide bonds. The molecule has 0 unspecified atom stereocenters. The van der Waals surface area contributed by atoms with Crippen LogP contribution < -0.4 is 0 Å². The first-order chi connectivity index (χ1) is 9.16. The summed E-state index contributed by atoms with van der Waals surface area (Å²) in [5.41, 5.74) is 0.555. The Morgan fingerprint density at radius 2 is 2.21 bits per heavy atom. The summed E-state index contributed by atoms with van der Waals surface area (Å²) < 4.78 is 5.29. The fourth-order valence-corrected chi connectivity index (χ4v) is 2.83. The van der Waals surface area contributed by atoms with Gasteiger partial charge in [0, 0.05) is 31.5 Å². The van der Waals surface area contributed by atoms with Crippen molar-refractivity contribution in [1.29, 1.82) is 0 Å². The molecule has 0 spiro atoms. The minimum atomic E-state index is -0.398. The molecule has 1 aliphatic heterocycles. The first-order valence-electron chi connectivity index (χ1n) is 6.22. The Balaban J connectivity index is 1.82. The summed E-state index contributed by atoms with van der Waals surface area (Å²) in [6.07, 6.45) is 0. The molecule has 6 nitrogen and oxygen atoms in total. The normalized spacial score (nSPS) is 16.5. The molecule has 2 rings (SSSR count). The van der Waals surface area contributed by atoms with E-state index in [2.05, 4.69) is 9.88 Å². The molecule has 2 heterocycles. The number of aryl methyl sites for hydroxylation is 1. The summed E-state index contributed by atoms with van der Waals surface area (Å²) in [5.74, 6) is 0.935. The van der Waals surface area contributed by atoms with Gasteiger partial charge in [0.05, 0.1) is 23.2 Å². The van der Waals surface area contributed by atoms with Crippen LogP contribution in [0, 0.1) is 17.0 Å². The van der Waals surface area contributed by atoms with E-state index >= 15 is 0 Å². The van der Waals surface area contributed by atoms with Crippen LogP contribution >= 0.6 is 11.8 Å². The van der Waals surface area contributed by atoms with Crippen molar-refractivity contribution in [3.63, 3.8) is 0 Å². The van der Waals surface area contributed by atoms with Crippen LogP contribution in [0.3, 0.4) is 0 Å². The van der Waals surface area contributed by atoms with Crippen LogP contribution in [0.5, 0.6) is 0 Å². The van der Waals surface area contributed by atoms with Crippen LogP contribution in [-0.2, 0) is 4.74 Å². The van der Waals surface area contributed by atoms with Crippen molar-refractivity contribution >= 4 is 17.4 Å². The lowest BCUT2D eigenvalue weighted by molar-refractivity contribution is -0.385. The molecule has 19 heavy (non-hydrogen) atoms. The maximum Gasteiger partial charge on any atom is 0.290 e. The largest absolute Gasteiger partial charge is 0.379 e. The summed E-state index contributed by atoms with van der Waals surface area (Å²) in [7, 11) is 0. The molecule has 0 bridgehead atoms. The predicted molar refractivity (Wildman–Crippen MR) is 73.6 cm³/mol. The van der Waals surface area contributed by atoms with E-state index in [-0.39, 0.29) is 5.69 Å². The molecule has 104 valence electrons. The highest BCUT2D eigenvalue weighted by Gasteiger charge is 2.13. The third-order valence-corrected chi connectivity index (χ3v) is 3.90. The molecule has 0 aliphatic carbocycles. The van der Waals surface area contributed by atoms with Gasteiger partial charge >= 0.3 is 0 Å². The average molecular weight is 283 g/mol. The predicted octanol–water partition coefficient (Wildman–Crippen LogP) is 1.72. The SMILES string of the molecule is Cc1nc(SCCN2CCOCC2)ccc1[N+](=O)[O-]. The highest BCUT2D eigenvalue weighted by Crippen LogP contribution is 2.21. The molecule has 1 aromatic rings. The van der Waals surface area contributed by atoms with Gasteiger partial charge in [0.2, 0.25) is 0 Å². The number of aromatic nitrogens is 1. The molecule has 1 saturated heterocycles. The second-order valence-electron chi connectivity index (χ2n) is 4.31. The summed E-state index contributed by atoms with van der Waals surface area (Å²) in [6.45, 7) is 6.23. The second kappa shape index (κ2) is 6.83. The van der Waals surface area contributed by atoms with E-state index < -0.39 is 4.92 Å². The Hall–Kier alpha value is -1.18. The fourth-order valence-electron chi connectivity index (χ4n) is 1.91. The Bertz CT molecular complexity index is 450. The van der Waals surface area contributed by atoms with E-state index in [4.69, 9.17) is 4.74 Å². The zero-order valence-corrected chi connectivity index (χ0v) is 11.7. The van der Waals surface area contributed by atoms with E-state index in [0.29, 0.717) is 5.69 Å². The smallest absolute Gasteiger partial charge is 0.290 e. The number of morpholine rings is 1. The van der Waals surface area contributed by atoms with Crippen molar-refractivity contribution in [1.82, 2.24) is 9.88 Å². The van der Waals surface area contributed by atoms with E-state index in [1.807, 2.05) is 0 Å². The number of ether oxygens (including phenoxy) is 1. The first kappa shape index (κ1) is 14.2. The molecule has 0 atom stereocenters. The van der Waals surface area contributed by atoms with Crippen molar-refractivity contribution in [2.45, 2.75) is 11.9 Å². The van der Waals surface area contributed by atoms with Crippen molar-refractivity contribution in [2.75, 3.05) is 38.6 Å². The van der Waals surface area contributed by atoms with Crippen LogP contribution in [0.25, 0.3) is 0 Å². The number of hydrogen-bond donors (Lipinski definition) is 0. The molecule has 1 aliphatic rings. The van der Waals surface area contributed by atoms with Crippen LogP contribution in [0.2, 0.25) is 0 Å². The van der Waals surface area contributed by atoms with Gasteiger partial charge in [0.1, 0.15) is 5.69 Å². The molecule has 0 N–H and O–H groups in total. The van der Waals surface area contributed by atoms with Crippen LogP contribution in [0.4, 0.5) is 5.69 Å². The lowest BCUT2D eigenvalue weighted by atomic mass is 10.3. The molecule has 0 saturated carbocycles. The molecule has 1 fully saturated rings. The summed E-state index contributed by atoms with van der Waals surface area (Å²) in [6, 6.07) is 3.24.